The second-order valence-corrected chi connectivity index (χ2v) is 5.90. The van der Waals surface area contributed by atoms with Gasteiger partial charge in [-0.15, -0.1) is 0 Å². The van der Waals surface area contributed by atoms with Crippen LogP contribution in [-0.4, -0.2) is 10.9 Å². The number of carbonyl (C=O) groups excluding carboxylic acids is 1. The summed E-state index contributed by atoms with van der Waals surface area (Å²) in [6, 6.07) is 12.1. The molecule has 98 valence electrons. The summed E-state index contributed by atoms with van der Waals surface area (Å²) in [5.74, 6) is 0.824. The van der Waals surface area contributed by atoms with Gasteiger partial charge in [0.2, 0.25) is 0 Å². The second kappa shape index (κ2) is 6.78. The van der Waals surface area contributed by atoms with E-state index in [1.807, 2.05) is 18.2 Å². The van der Waals surface area contributed by atoms with Crippen molar-refractivity contribution < 1.29 is 4.79 Å². The zero-order chi connectivity index (χ0) is 13.7. The van der Waals surface area contributed by atoms with Crippen LogP contribution in [0, 0.1) is 0 Å². The number of allylic oxidation sites excluding steroid dienone is 1. The molecule has 0 radical (unpaired) electrons. The van der Waals surface area contributed by atoms with Crippen molar-refractivity contribution >= 4 is 45.3 Å². The molecule has 0 spiro atoms. The van der Waals surface area contributed by atoms with Crippen molar-refractivity contribution in [2.24, 2.45) is 0 Å². The Morgan fingerprint density at radius 1 is 1.26 bits per heavy atom. The Hall–Kier alpha value is -1.25. The third-order valence-corrected chi connectivity index (χ3v) is 3.93. The fraction of sp³-hybridized carbons (Fsp3) is 0.188. The van der Waals surface area contributed by atoms with E-state index in [0.717, 1.165) is 33.5 Å². The molecule has 0 aliphatic carbocycles. The molecule has 0 N–H and O–H groups in total. The molecule has 0 fully saturated rings. The van der Waals surface area contributed by atoms with E-state index in [4.69, 9.17) is 11.6 Å². The molecule has 0 aliphatic rings. The number of thioether (sulfide) groups is 1. The Labute approximate surface area is 122 Å². The molecule has 2 aromatic carbocycles. The van der Waals surface area contributed by atoms with Crippen molar-refractivity contribution in [1.82, 2.24) is 0 Å². The van der Waals surface area contributed by atoms with Crippen molar-refractivity contribution in [3.05, 3.63) is 53.1 Å². The van der Waals surface area contributed by atoms with Crippen molar-refractivity contribution in [3.8, 4) is 0 Å². The predicted molar refractivity (Wildman–Crippen MR) is 85.7 cm³/mol. The van der Waals surface area contributed by atoms with Gasteiger partial charge in [-0.2, -0.15) is 0 Å². The minimum Gasteiger partial charge on any atom is -0.288 e. The zero-order valence-corrected chi connectivity index (χ0v) is 12.3. The van der Waals surface area contributed by atoms with Crippen LogP contribution in [0.3, 0.4) is 0 Å². The summed E-state index contributed by atoms with van der Waals surface area (Å²) in [4.78, 5) is 10.8. The van der Waals surface area contributed by atoms with E-state index in [0.29, 0.717) is 0 Å². The third kappa shape index (κ3) is 3.85. The van der Waals surface area contributed by atoms with Crippen LogP contribution in [0.4, 0.5) is 0 Å². The third-order valence-electron chi connectivity index (χ3n) is 2.77. The van der Waals surface area contributed by atoms with E-state index in [9.17, 15) is 4.79 Å². The van der Waals surface area contributed by atoms with Gasteiger partial charge in [0.15, 0.2) is 5.12 Å². The minimum absolute atomic E-state index is 0.168. The lowest BCUT2D eigenvalue weighted by Crippen LogP contribution is -1.84. The van der Waals surface area contributed by atoms with Crippen LogP contribution in [0.5, 0.6) is 0 Å². The first-order valence-electron chi connectivity index (χ1n) is 6.15. The quantitative estimate of drug-likeness (QED) is 0.722. The highest BCUT2D eigenvalue weighted by Crippen LogP contribution is 2.27. The first-order chi connectivity index (χ1) is 9.18. The first-order valence-corrected chi connectivity index (χ1v) is 7.52. The van der Waals surface area contributed by atoms with E-state index >= 15 is 0 Å². The molecule has 0 unspecified atom stereocenters. The number of rotatable bonds is 4. The van der Waals surface area contributed by atoms with E-state index in [-0.39, 0.29) is 5.12 Å². The van der Waals surface area contributed by atoms with Crippen LogP contribution >= 0.6 is 23.4 Å². The van der Waals surface area contributed by atoms with Crippen LogP contribution in [-0.2, 0) is 4.79 Å². The topological polar surface area (TPSA) is 17.1 Å². The van der Waals surface area contributed by atoms with E-state index in [1.165, 1.54) is 11.8 Å². The van der Waals surface area contributed by atoms with Crippen LogP contribution in [0.1, 0.15) is 18.9 Å². The number of halogens is 1. The molecule has 1 nitrogen and oxygen atoms in total. The van der Waals surface area contributed by atoms with Gasteiger partial charge in [0.25, 0.3) is 0 Å². The SMILES string of the molecule is CC(=O)SCCC=Cc1cccc2cccc(Cl)c12. The smallest absolute Gasteiger partial charge is 0.185 e. The molecule has 2 rings (SSSR count). The Balaban J connectivity index is 2.16. The Morgan fingerprint density at radius 2 is 2.00 bits per heavy atom. The lowest BCUT2D eigenvalue weighted by molar-refractivity contribution is -0.109. The molecule has 0 aliphatic heterocycles. The highest BCUT2D eigenvalue weighted by Gasteiger charge is 2.01. The van der Waals surface area contributed by atoms with Gasteiger partial charge in [0, 0.05) is 23.1 Å². The van der Waals surface area contributed by atoms with Gasteiger partial charge >= 0.3 is 0 Å². The van der Waals surface area contributed by atoms with Crippen LogP contribution in [0.2, 0.25) is 5.02 Å². The van der Waals surface area contributed by atoms with Gasteiger partial charge in [0.05, 0.1) is 0 Å². The van der Waals surface area contributed by atoms with Gasteiger partial charge < -0.3 is 0 Å². The molecule has 0 bridgehead atoms. The average molecular weight is 291 g/mol. The maximum Gasteiger partial charge on any atom is 0.185 e. The zero-order valence-electron chi connectivity index (χ0n) is 10.7. The Kier molecular flexibility index (Phi) is 5.06. The van der Waals surface area contributed by atoms with Gasteiger partial charge in [0.1, 0.15) is 0 Å². The normalized spacial score (nSPS) is 11.3. The summed E-state index contributed by atoms with van der Waals surface area (Å²) >= 11 is 7.62. The molecule has 19 heavy (non-hydrogen) atoms. The van der Waals surface area contributed by atoms with E-state index in [1.54, 1.807) is 6.92 Å². The van der Waals surface area contributed by atoms with Crippen LogP contribution in [0.15, 0.2) is 42.5 Å². The van der Waals surface area contributed by atoms with Crippen molar-refractivity contribution in [2.75, 3.05) is 5.75 Å². The Bertz CT molecular complexity index is 614. The van der Waals surface area contributed by atoms with Crippen LogP contribution in [0.25, 0.3) is 16.8 Å². The van der Waals surface area contributed by atoms with Crippen molar-refractivity contribution in [3.63, 3.8) is 0 Å². The monoisotopic (exact) mass is 290 g/mol. The standard InChI is InChI=1S/C16H15ClOS/c1-12(18)19-11-3-2-6-13-7-4-8-14-9-5-10-15(17)16(13)14/h2,4-10H,3,11H2,1H3. The number of carbonyl (C=O) groups is 1. The first kappa shape index (κ1) is 14.2. The molecular weight excluding hydrogens is 276 g/mol. The summed E-state index contributed by atoms with van der Waals surface area (Å²) in [5.41, 5.74) is 1.12. The highest BCUT2D eigenvalue weighted by molar-refractivity contribution is 8.13. The fourth-order valence-corrected chi connectivity index (χ4v) is 2.78. The molecular formula is C16H15ClOS. The van der Waals surface area contributed by atoms with Gasteiger partial charge in [-0.1, -0.05) is 65.8 Å². The molecule has 2 aromatic rings. The lowest BCUT2D eigenvalue weighted by atomic mass is 10.0. The van der Waals surface area contributed by atoms with Crippen molar-refractivity contribution in [2.45, 2.75) is 13.3 Å². The van der Waals surface area contributed by atoms with Crippen molar-refractivity contribution in [1.29, 1.82) is 0 Å². The van der Waals surface area contributed by atoms with Gasteiger partial charge in [-0.25, -0.2) is 0 Å². The molecule has 0 aromatic heterocycles. The summed E-state index contributed by atoms with van der Waals surface area (Å²) in [5, 5.41) is 3.17. The maximum atomic E-state index is 10.8. The van der Waals surface area contributed by atoms with E-state index in [2.05, 4.69) is 30.4 Å². The molecule has 0 saturated heterocycles. The Morgan fingerprint density at radius 3 is 2.74 bits per heavy atom. The van der Waals surface area contributed by atoms with E-state index < -0.39 is 0 Å². The predicted octanol–water partition coefficient (Wildman–Crippen LogP) is 5.18. The van der Waals surface area contributed by atoms with Crippen LogP contribution < -0.4 is 0 Å². The number of benzene rings is 2. The summed E-state index contributed by atoms with van der Waals surface area (Å²) in [6.45, 7) is 1.60. The molecule has 0 amide bonds. The number of hydrogen-bond acceptors (Lipinski definition) is 2. The lowest BCUT2D eigenvalue weighted by Gasteiger charge is -2.04. The minimum atomic E-state index is 0.168. The summed E-state index contributed by atoms with van der Waals surface area (Å²) in [6.07, 6.45) is 5.05. The second-order valence-electron chi connectivity index (χ2n) is 4.22. The molecule has 0 heterocycles. The summed E-state index contributed by atoms with van der Waals surface area (Å²) in [7, 11) is 0. The largest absolute Gasteiger partial charge is 0.288 e. The maximum absolute atomic E-state index is 10.8. The average Bonchev–Trinajstić information content (AvgIpc) is 2.38. The number of fused-ring (bicyclic) bond motifs is 1. The number of hydrogen-bond donors (Lipinski definition) is 0. The highest BCUT2D eigenvalue weighted by atomic mass is 35.5. The van der Waals surface area contributed by atoms with Gasteiger partial charge in [-0.05, 0) is 23.4 Å². The fourth-order valence-electron chi connectivity index (χ4n) is 1.94. The molecule has 0 saturated carbocycles. The summed E-state index contributed by atoms with van der Waals surface area (Å²) < 4.78 is 0. The molecule has 0 atom stereocenters. The van der Waals surface area contributed by atoms with Gasteiger partial charge in [-0.3, -0.25) is 4.79 Å². The molecule has 3 heteroatoms.